The standard InChI is InChI=1S/C24H18F2O4/c1-3-21(27)29-17-9-5-15(6-10-17)19-13-14-20(24(26)23(19)25)16-7-11-18(12-8-16)30-22(28)4-2/h3-14,21,27H,1-2H2. The molecule has 1 atom stereocenters. The second kappa shape index (κ2) is 9.15. The van der Waals surface area contributed by atoms with Gasteiger partial charge in [0.2, 0.25) is 6.29 Å². The molecule has 0 amide bonds. The van der Waals surface area contributed by atoms with Crippen LogP contribution in [0.15, 0.2) is 86.0 Å². The van der Waals surface area contributed by atoms with E-state index in [1.165, 1.54) is 54.6 Å². The smallest absolute Gasteiger partial charge is 0.335 e. The lowest BCUT2D eigenvalue weighted by Crippen LogP contribution is -2.10. The molecule has 3 aromatic rings. The van der Waals surface area contributed by atoms with Crippen LogP contribution in [0.25, 0.3) is 22.3 Å². The first kappa shape index (κ1) is 21.0. The molecule has 6 heteroatoms. The molecule has 0 saturated carbocycles. The summed E-state index contributed by atoms with van der Waals surface area (Å²) in [5, 5.41) is 9.41. The highest BCUT2D eigenvalue weighted by atomic mass is 19.2. The highest BCUT2D eigenvalue weighted by Crippen LogP contribution is 2.33. The molecule has 0 aliphatic heterocycles. The Bertz CT molecular complexity index is 1070. The van der Waals surface area contributed by atoms with Crippen LogP contribution in [-0.2, 0) is 4.79 Å². The Morgan fingerprint density at radius 2 is 1.30 bits per heavy atom. The molecule has 0 spiro atoms. The summed E-state index contributed by atoms with van der Waals surface area (Å²) in [6, 6.07) is 15.2. The van der Waals surface area contributed by atoms with Crippen LogP contribution in [0.3, 0.4) is 0 Å². The minimum Gasteiger partial charge on any atom is -0.461 e. The topological polar surface area (TPSA) is 55.8 Å². The first-order valence-electron chi connectivity index (χ1n) is 8.93. The van der Waals surface area contributed by atoms with E-state index in [0.29, 0.717) is 16.9 Å². The number of halogens is 2. The Morgan fingerprint density at radius 1 is 0.833 bits per heavy atom. The summed E-state index contributed by atoms with van der Waals surface area (Å²) in [5.41, 5.74) is 1.04. The molecule has 0 aromatic heterocycles. The molecule has 3 aromatic carbocycles. The second-order valence-corrected chi connectivity index (χ2v) is 6.21. The zero-order valence-electron chi connectivity index (χ0n) is 15.8. The van der Waals surface area contributed by atoms with Crippen LogP contribution in [0.2, 0.25) is 0 Å². The largest absolute Gasteiger partial charge is 0.461 e. The summed E-state index contributed by atoms with van der Waals surface area (Å²) >= 11 is 0. The normalized spacial score (nSPS) is 11.4. The summed E-state index contributed by atoms with van der Waals surface area (Å²) in [4.78, 5) is 11.2. The molecule has 0 fully saturated rings. The van der Waals surface area contributed by atoms with Crippen LogP contribution in [0.4, 0.5) is 8.78 Å². The summed E-state index contributed by atoms with van der Waals surface area (Å²) in [5.74, 6) is -1.97. The van der Waals surface area contributed by atoms with E-state index >= 15 is 0 Å². The van der Waals surface area contributed by atoms with Crippen molar-refractivity contribution in [3.8, 4) is 33.8 Å². The Hall–Kier alpha value is -3.77. The van der Waals surface area contributed by atoms with E-state index in [1.807, 2.05) is 0 Å². The maximum atomic E-state index is 14.8. The Labute approximate surface area is 172 Å². The summed E-state index contributed by atoms with van der Waals surface area (Å²) in [7, 11) is 0. The van der Waals surface area contributed by atoms with E-state index < -0.39 is 23.9 Å². The first-order valence-corrected chi connectivity index (χ1v) is 8.93. The Morgan fingerprint density at radius 3 is 1.73 bits per heavy atom. The zero-order chi connectivity index (χ0) is 21.7. The van der Waals surface area contributed by atoms with Crippen LogP contribution in [0.5, 0.6) is 11.5 Å². The lowest BCUT2D eigenvalue weighted by atomic mass is 9.98. The van der Waals surface area contributed by atoms with Gasteiger partial charge in [0.1, 0.15) is 11.5 Å². The van der Waals surface area contributed by atoms with E-state index in [1.54, 1.807) is 12.1 Å². The number of esters is 1. The van der Waals surface area contributed by atoms with Gasteiger partial charge >= 0.3 is 5.97 Å². The van der Waals surface area contributed by atoms with Gasteiger partial charge in [0.25, 0.3) is 0 Å². The highest BCUT2D eigenvalue weighted by Gasteiger charge is 2.16. The van der Waals surface area contributed by atoms with Gasteiger partial charge in [-0.2, -0.15) is 0 Å². The van der Waals surface area contributed by atoms with Crippen molar-refractivity contribution in [2.75, 3.05) is 0 Å². The van der Waals surface area contributed by atoms with Crippen LogP contribution < -0.4 is 9.47 Å². The van der Waals surface area contributed by atoms with Crippen molar-refractivity contribution in [1.82, 2.24) is 0 Å². The predicted octanol–water partition coefficient (Wildman–Crippen LogP) is 5.27. The molecule has 1 unspecified atom stereocenters. The lowest BCUT2D eigenvalue weighted by molar-refractivity contribution is -0.128. The summed E-state index contributed by atoms with van der Waals surface area (Å²) < 4.78 is 39.6. The molecule has 0 saturated heterocycles. The van der Waals surface area contributed by atoms with Gasteiger partial charge < -0.3 is 14.6 Å². The van der Waals surface area contributed by atoms with E-state index in [2.05, 4.69) is 13.2 Å². The van der Waals surface area contributed by atoms with Crippen LogP contribution in [0, 0.1) is 11.6 Å². The Kier molecular flexibility index (Phi) is 6.39. The predicted molar refractivity (Wildman–Crippen MR) is 110 cm³/mol. The average Bonchev–Trinajstić information content (AvgIpc) is 2.77. The fourth-order valence-electron chi connectivity index (χ4n) is 2.76. The molecule has 4 nitrogen and oxygen atoms in total. The number of aliphatic hydroxyl groups excluding tert-OH is 1. The number of ether oxygens (including phenoxy) is 2. The van der Waals surface area contributed by atoms with Crippen molar-refractivity contribution in [2.45, 2.75) is 6.29 Å². The molecule has 0 heterocycles. The summed E-state index contributed by atoms with van der Waals surface area (Å²) in [6.07, 6.45) is 1.09. The monoisotopic (exact) mass is 408 g/mol. The SMILES string of the molecule is C=CC(=O)Oc1ccc(-c2ccc(-c3ccc(OC(O)C=C)cc3)c(F)c2F)cc1. The lowest BCUT2D eigenvalue weighted by Gasteiger charge is -2.12. The van der Waals surface area contributed by atoms with Crippen molar-refractivity contribution in [1.29, 1.82) is 0 Å². The third-order valence-electron chi connectivity index (χ3n) is 4.26. The maximum Gasteiger partial charge on any atom is 0.335 e. The van der Waals surface area contributed by atoms with Crippen molar-refractivity contribution in [3.05, 3.63) is 97.6 Å². The van der Waals surface area contributed by atoms with Gasteiger partial charge in [0.15, 0.2) is 11.6 Å². The Balaban J connectivity index is 1.86. The summed E-state index contributed by atoms with van der Waals surface area (Å²) in [6.45, 7) is 6.72. The maximum absolute atomic E-state index is 14.8. The molecule has 30 heavy (non-hydrogen) atoms. The number of carbonyl (C=O) groups is 1. The third-order valence-corrected chi connectivity index (χ3v) is 4.26. The fourth-order valence-corrected chi connectivity index (χ4v) is 2.76. The van der Waals surface area contributed by atoms with Crippen molar-refractivity contribution in [3.63, 3.8) is 0 Å². The molecule has 3 rings (SSSR count). The number of rotatable bonds is 7. The van der Waals surface area contributed by atoms with Crippen molar-refractivity contribution in [2.24, 2.45) is 0 Å². The van der Waals surface area contributed by atoms with E-state index in [-0.39, 0.29) is 16.9 Å². The molecular formula is C24H18F2O4. The van der Waals surface area contributed by atoms with Gasteiger partial charge in [-0.25, -0.2) is 13.6 Å². The van der Waals surface area contributed by atoms with Gasteiger partial charge in [0.05, 0.1) is 0 Å². The molecule has 0 bridgehead atoms. The van der Waals surface area contributed by atoms with Gasteiger partial charge in [-0.15, -0.1) is 0 Å². The number of aliphatic hydroxyl groups is 1. The van der Waals surface area contributed by atoms with E-state index in [9.17, 15) is 18.7 Å². The number of benzene rings is 3. The van der Waals surface area contributed by atoms with Crippen molar-refractivity contribution < 1.29 is 28.2 Å². The first-order chi connectivity index (χ1) is 14.4. The van der Waals surface area contributed by atoms with Crippen LogP contribution in [0.1, 0.15) is 0 Å². The quantitative estimate of drug-likeness (QED) is 0.190. The van der Waals surface area contributed by atoms with Crippen molar-refractivity contribution >= 4 is 5.97 Å². The van der Waals surface area contributed by atoms with Gasteiger partial charge in [-0.05, 0) is 41.5 Å². The fraction of sp³-hybridized carbons (Fsp3) is 0.0417. The minimum absolute atomic E-state index is 0.0758. The molecule has 0 aliphatic carbocycles. The zero-order valence-corrected chi connectivity index (χ0v) is 15.8. The molecule has 152 valence electrons. The third kappa shape index (κ3) is 4.61. The van der Waals surface area contributed by atoms with Crippen LogP contribution >= 0.6 is 0 Å². The van der Waals surface area contributed by atoms with Gasteiger partial charge in [-0.3, -0.25) is 0 Å². The number of carbonyl (C=O) groups excluding carboxylic acids is 1. The number of hydrogen-bond donors (Lipinski definition) is 1. The van der Waals surface area contributed by atoms with E-state index in [4.69, 9.17) is 9.47 Å². The molecule has 1 N–H and O–H groups in total. The van der Waals surface area contributed by atoms with Crippen LogP contribution in [-0.4, -0.2) is 17.4 Å². The number of hydrogen-bond acceptors (Lipinski definition) is 4. The van der Waals surface area contributed by atoms with Gasteiger partial charge in [0, 0.05) is 17.2 Å². The van der Waals surface area contributed by atoms with Gasteiger partial charge in [-0.1, -0.05) is 49.6 Å². The average molecular weight is 408 g/mol. The molecule has 0 radical (unpaired) electrons. The molecular weight excluding hydrogens is 390 g/mol. The molecule has 0 aliphatic rings. The highest BCUT2D eigenvalue weighted by molar-refractivity contribution is 5.83. The van der Waals surface area contributed by atoms with E-state index in [0.717, 1.165) is 6.08 Å². The minimum atomic E-state index is -1.16. The second-order valence-electron chi connectivity index (χ2n) is 6.21.